The van der Waals surface area contributed by atoms with Crippen molar-refractivity contribution in [2.45, 2.75) is 33.1 Å². The predicted octanol–water partition coefficient (Wildman–Crippen LogP) is 3.08. The van der Waals surface area contributed by atoms with Crippen molar-refractivity contribution in [3.05, 3.63) is 23.8 Å². The fourth-order valence-electron chi connectivity index (χ4n) is 2.09. The lowest BCUT2D eigenvalue weighted by Crippen LogP contribution is -2.38. The lowest BCUT2D eigenvalue weighted by molar-refractivity contribution is 0.208. The molecule has 1 rings (SSSR count). The zero-order valence-corrected chi connectivity index (χ0v) is 14.1. The summed E-state index contributed by atoms with van der Waals surface area (Å²) in [4.78, 5) is 13.6. The Morgan fingerprint density at radius 1 is 1.27 bits per heavy atom. The number of rotatable bonds is 9. The van der Waals surface area contributed by atoms with Gasteiger partial charge in [-0.15, -0.1) is 0 Å². The molecule has 1 aromatic rings. The largest absolute Gasteiger partial charge is 0.493 e. The van der Waals surface area contributed by atoms with E-state index in [1.807, 2.05) is 32.2 Å². The van der Waals surface area contributed by atoms with E-state index in [-0.39, 0.29) is 6.03 Å². The number of nitrogens with zero attached hydrogens (tertiary/aromatic N) is 1. The maximum absolute atomic E-state index is 11.9. The van der Waals surface area contributed by atoms with Crippen LogP contribution < -0.4 is 14.8 Å². The molecule has 22 heavy (non-hydrogen) atoms. The van der Waals surface area contributed by atoms with E-state index < -0.39 is 0 Å². The molecule has 0 saturated heterocycles. The summed E-state index contributed by atoms with van der Waals surface area (Å²) in [5.74, 6) is 1.47. The van der Waals surface area contributed by atoms with E-state index in [2.05, 4.69) is 12.2 Å². The van der Waals surface area contributed by atoms with Gasteiger partial charge >= 0.3 is 6.03 Å². The molecule has 5 nitrogen and oxygen atoms in total. The van der Waals surface area contributed by atoms with E-state index >= 15 is 0 Å². The first kappa shape index (κ1) is 18.1. The second-order valence-corrected chi connectivity index (χ2v) is 5.18. The maximum Gasteiger partial charge on any atom is 0.317 e. The molecule has 1 N–H and O–H groups in total. The Bertz CT molecular complexity index is 463. The Kier molecular flexibility index (Phi) is 8.18. The van der Waals surface area contributed by atoms with Crippen LogP contribution in [0.1, 0.15) is 32.3 Å². The van der Waals surface area contributed by atoms with Crippen LogP contribution >= 0.6 is 0 Å². The third-order valence-corrected chi connectivity index (χ3v) is 3.41. The van der Waals surface area contributed by atoms with Gasteiger partial charge in [-0.1, -0.05) is 19.4 Å². The van der Waals surface area contributed by atoms with Crippen molar-refractivity contribution in [1.29, 1.82) is 0 Å². The summed E-state index contributed by atoms with van der Waals surface area (Å²) >= 11 is 0. The Hall–Kier alpha value is -1.91. The number of hydrogen-bond donors (Lipinski definition) is 1. The van der Waals surface area contributed by atoms with Crippen molar-refractivity contribution in [3.63, 3.8) is 0 Å². The molecule has 0 heterocycles. The summed E-state index contributed by atoms with van der Waals surface area (Å²) in [6.07, 6.45) is 2.87. The van der Waals surface area contributed by atoms with Gasteiger partial charge in [0.15, 0.2) is 11.5 Å². The SMILES string of the molecule is CCCCN(C)C(=O)NCCc1ccc(OCC)c(OC)c1. The van der Waals surface area contributed by atoms with Crippen molar-refractivity contribution < 1.29 is 14.3 Å². The number of nitrogens with one attached hydrogen (secondary N) is 1. The van der Waals surface area contributed by atoms with E-state index in [1.54, 1.807) is 12.0 Å². The molecule has 0 aliphatic rings. The van der Waals surface area contributed by atoms with Crippen LogP contribution in [0.3, 0.4) is 0 Å². The molecule has 0 spiro atoms. The average molecular weight is 308 g/mol. The van der Waals surface area contributed by atoms with Gasteiger partial charge in [0.2, 0.25) is 0 Å². The van der Waals surface area contributed by atoms with Crippen LogP contribution in [0.2, 0.25) is 0 Å². The smallest absolute Gasteiger partial charge is 0.317 e. The standard InChI is InChI=1S/C17H28N2O3/c1-5-7-12-19(3)17(20)18-11-10-14-8-9-15(22-6-2)16(13-14)21-4/h8-9,13H,5-7,10-12H2,1-4H3,(H,18,20). The molecule has 124 valence electrons. The van der Waals surface area contributed by atoms with Crippen molar-refractivity contribution >= 4 is 6.03 Å². The van der Waals surface area contributed by atoms with Gasteiger partial charge in [0.1, 0.15) is 0 Å². The second kappa shape index (κ2) is 9.92. The molecule has 0 saturated carbocycles. The number of carbonyl (C=O) groups excluding carboxylic acids is 1. The number of benzene rings is 1. The minimum atomic E-state index is -0.0219. The van der Waals surface area contributed by atoms with Gasteiger partial charge in [-0.3, -0.25) is 0 Å². The molecule has 0 aliphatic heterocycles. The quantitative estimate of drug-likeness (QED) is 0.763. The highest BCUT2D eigenvalue weighted by molar-refractivity contribution is 5.73. The molecular weight excluding hydrogens is 280 g/mol. The van der Waals surface area contributed by atoms with Crippen LogP contribution in [-0.2, 0) is 6.42 Å². The second-order valence-electron chi connectivity index (χ2n) is 5.18. The molecule has 0 aromatic heterocycles. The van der Waals surface area contributed by atoms with Crippen LogP contribution in [0.5, 0.6) is 11.5 Å². The van der Waals surface area contributed by atoms with Crippen molar-refractivity contribution in [1.82, 2.24) is 10.2 Å². The van der Waals surface area contributed by atoms with Crippen LogP contribution in [0.25, 0.3) is 0 Å². The fraction of sp³-hybridized carbons (Fsp3) is 0.588. The van der Waals surface area contributed by atoms with Crippen LogP contribution in [0.4, 0.5) is 4.79 Å². The molecule has 2 amide bonds. The van der Waals surface area contributed by atoms with Crippen LogP contribution in [0, 0.1) is 0 Å². The summed E-state index contributed by atoms with van der Waals surface area (Å²) < 4.78 is 10.8. The number of hydrogen-bond acceptors (Lipinski definition) is 3. The van der Waals surface area contributed by atoms with Crippen LogP contribution in [0.15, 0.2) is 18.2 Å². The van der Waals surface area contributed by atoms with Gasteiger partial charge in [0.05, 0.1) is 13.7 Å². The number of carbonyl (C=O) groups is 1. The topological polar surface area (TPSA) is 50.8 Å². The third-order valence-electron chi connectivity index (χ3n) is 3.41. The van der Waals surface area contributed by atoms with Gasteiger partial charge in [0.25, 0.3) is 0 Å². The first-order valence-corrected chi connectivity index (χ1v) is 7.91. The molecule has 5 heteroatoms. The Balaban J connectivity index is 2.46. The van der Waals surface area contributed by atoms with E-state index in [0.717, 1.165) is 42.9 Å². The average Bonchev–Trinajstić information content (AvgIpc) is 2.53. The van der Waals surface area contributed by atoms with Gasteiger partial charge in [-0.05, 0) is 37.5 Å². The molecule has 0 atom stereocenters. The molecule has 0 fully saturated rings. The van der Waals surface area contributed by atoms with Crippen molar-refractivity contribution in [2.24, 2.45) is 0 Å². The number of methoxy groups -OCH3 is 1. The summed E-state index contributed by atoms with van der Waals surface area (Å²) in [5, 5.41) is 2.93. The van der Waals surface area contributed by atoms with Crippen molar-refractivity contribution in [2.75, 3.05) is 33.9 Å². The normalized spacial score (nSPS) is 10.2. The molecule has 0 aliphatic carbocycles. The van der Waals surface area contributed by atoms with Gasteiger partial charge in [-0.2, -0.15) is 0 Å². The fourth-order valence-corrected chi connectivity index (χ4v) is 2.09. The van der Waals surface area contributed by atoms with E-state index in [9.17, 15) is 4.79 Å². The lowest BCUT2D eigenvalue weighted by Gasteiger charge is -2.17. The minimum Gasteiger partial charge on any atom is -0.493 e. The molecule has 1 aromatic carbocycles. The van der Waals surface area contributed by atoms with E-state index in [4.69, 9.17) is 9.47 Å². The number of urea groups is 1. The van der Waals surface area contributed by atoms with Crippen molar-refractivity contribution in [3.8, 4) is 11.5 Å². The highest BCUT2D eigenvalue weighted by Crippen LogP contribution is 2.28. The summed E-state index contributed by atoms with van der Waals surface area (Å²) in [5.41, 5.74) is 1.11. The molecule has 0 radical (unpaired) electrons. The zero-order valence-electron chi connectivity index (χ0n) is 14.1. The molecular formula is C17H28N2O3. The zero-order chi connectivity index (χ0) is 16.4. The Labute approximate surface area is 133 Å². The Morgan fingerprint density at radius 2 is 2.05 bits per heavy atom. The van der Waals surface area contributed by atoms with E-state index in [0.29, 0.717) is 13.2 Å². The molecule has 0 unspecified atom stereocenters. The van der Waals surface area contributed by atoms with Gasteiger partial charge in [-0.25, -0.2) is 4.79 Å². The maximum atomic E-state index is 11.9. The highest BCUT2D eigenvalue weighted by atomic mass is 16.5. The van der Waals surface area contributed by atoms with Crippen LogP contribution in [-0.4, -0.2) is 44.8 Å². The third kappa shape index (κ3) is 5.84. The summed E-state index contributed by atoms with van der Waals surface area (Å²) in [6.45, 7) is 6.06. The number of ether oxygens (including phenoxy) is 2. The van der Waals surface area contributed by atoms with Gasteiger partial charge in [0, 0.05) is 20.1 Å². The molecule has 0 bridgehead atoms. The Morgan fingerprint density at radius 3 is 2.68 bits per heavy atom. The van der Waals surface area contributed by atoms with E-state index in [1.165, 1.54) is 0 Å². The summed E-state index contributed by atoms with van der Waals surface area (Å²) in [6, 6.07) is 5.84. The first-order chi connectivity index (χ1) is 10.6. The number of amides is 2. The lowest BCUT2D eigenvalue weighted by atomic mass is 10.1. The minimum absolute atomic E-state index is 0.0219. The highest BCUT2D eigenvalue weighted by Gasteiger charge is 2.08. The monoisotopic (exact) mass is 308 g/mol. The predicted molar refractivity (Wildman–Crippen MR) is 88.8 cm³/mol. The number of unbranched alkanes of at least 4 members (excludes halogenated alkanes) is 1. The first-order valence-electron chi connectivity index (χ1n) is 7.91. The van der Waals surface area contributed by atoms with Gasteiger partial charge < -0.3 is 19.7 Å². The summed E-state index contributed by atoms with van der Waals surface area (Å²) in [7, 11) is 3.46.